The van der Waals surface area contributed by atoms with Gasteiger partial charge in [-0.25, -0.2) is 19.6 Å². The molecule has 3 aromatic heterocycles. The van der Waals surface area contributed by atoms with Crippen molar-refractivity contribution in [2.75, 3.05) is 39.3 Å². The number of pyridine rings is 1. The van der Waals surface area contributed by atoms with E-state index in [1.165, 1.54) is 6.33 Å². The number of anilines is 2. The zero-order chi connectivity index (χ0) is 24.9. The van der Waals surface area contributed by atoms with Crippen molar-refractivity contribution in [2.45, 2.75) is 26.0 Å². The second-order valence-electron chi connectivity index (χ2n) is 8.52. The van der Waals surface area contributed by atoms with Crippen LogP contribution in [0.4, 0.5) is 11.4 Å². The van der Waals surface area contributed by atoms with E-state index in [4.69, 9.17) is 14.5 Å². The fraction of sp³-hybridized carbons (Fsp3) is 0.360. The Hall–Kier alpha value is -3.76. The molecule has 10 nitrogen and oxygen atoms in total. The average molecular weight is 478 g/mol. The molecule has 1 aromatic carbocycles. The van der Waals surface area contributed by atoms with Crippen molar-refractivity contribution in [1.29, 1.82) is 0 Å². The molecule has 10 heteroatoms. The number of methoxy groups -OCH3 is 1. The number of nitrogens with one attached hydrogen (secondary N) is 1. The number of likely N-dealkylation sites (N-methyl/N-ethyl adjacent to an activating group) is 1. The molecular weight excluding hydrogens is 446 g/mol. The number of aliphatic hydroxyl groups is 1. The first-order valence-electron chi connectivity index (χ1n) is 11.4. The summed E-state index contributed by atoms with van der Waals surface area (Å²) in [5, 5.41) is 18.5. The maximum atomic E-state index is 10.0. The summed E-state index contributed by atoms with van der Waals surface area (Å²) in [6.07, 6.45) is 6.25. The number of hydrogen-bond acceptors (Lipinski definition) is 9. The number of hydrogen-bond donors (Lipinski definition) is 2. The van der Waals surface area contributed by atoms with Crippen molar-refractivity contribution in [1.82, 2.24) is 30.0 Å². The van der Waals surface area contributed by atoms with Crippen molar-refractivity contribution in [3.63, 3.8) is 0 Å². The van der Waals surface area contributed by atoms with Gasteiger partial charge in [0, 0.05) is 31.3 Å². The number of nitrogens with zero attached hydrogens (tertiary/aromatic N) is 6. The third kappa shape index (κ3) is 5.33. The third-order valence-electron chi connectivity index (χ3n) is 5.62. The fourth-order valence-electron chi connectivity index (χ4n) is 3.82. The molecule has 0 aliphatic carbocycles. The van der Waals surface area contributed by atoms with E-state index in [0.717, 1.165) is 33.7 Å². The number of ether oxygens (including phenoxy) is 2. The lowest BCUT2D eigenvalue weighted by molar-refractivity contribution is 0.108. The summed E-state index contributed by atoms with van der Waals surface area (Å²) in [4.78, 5) is 15.3. The monoisotopic (exact) mass is 477 g/mol. The molecule has 1 unspecified atom stereocenters. The summed E-state index contributed by atoms with van der Waals surface area (Å²) >= 11 is 0. The second kappa shape index (κ2) is 10.7. The quantitative estimate of drug-likeness (QED) is 0.356. The van der Waals surface area contributed by atoms with Crippen LogP contribution in [0.2, 0.25) is 0 Å². The van der Waals surface area contributed by atoms with E-state index >= 15 is 0 Å². The molecule has 2 N–H and O–H groups in total. The van der Waals surface area contributed by atoms with Crippen molar-refractivity contribution in [2.24, 2.45) is 0 Å². The summed E-state index contributed by atoms with van der Waals surface area (Å²) in [5.41, 5.74) is 4.08. The summed E-state index contributed by atoms with van der Waals surface area (Å²) in [5.74, 6) is 1.21. The predicted molar refractivity (Wildman–Crippen MR) is 135 cm³/mol. The SMILES string of the molecule is CNCC(O)COc1cc(OC)cc(-c2cc(N(C)c3cncnc3)c3cnn(C(C)C)c3n2)c1. The minimum absolute atomic E-state index is 0.131. The Bertz CT molecular complexity index is 1280. The van der Waals surface area contributed by atoms with Gasteiger partial charge in [-0.2, -0.15) is 5.10 Å². The zero-order valence-electron chi connectivity index (χ0n) is 20.6. The highest BCUT2D eigenvalue weighted by Gasteiger charge is 2.18. The lowest BCUT2D eigenvalue weighted by Crippen LogP contribution is -2.29. The first-order chi connectivity index (χ1) is 16.9. The van der Waals surface area contributed by atoms with Crippen LogP contribution in [0.1, 0.15) is 19.9 Å². The standard InChI is InChI=1S/C25H31N7O3/c1-16(2)32-25-22(13-29-32)24(31(4)18-10-27-15-28-11-18)9-23(30-25)17-6-20(34-5)8-21(7-17)35-14-19(33)12-26-3/h6-11,13,15-16,19,26,33H,12,14H2,1-5H3. The van der Waals surface area contributed by atoms with Gasteiger partial charge in [-0.05, 0) is 39.1 Å². The highest BCUT2D eigenvalue weighted by Crippen LogP contribution is 2.36. The van der Waals surface area contributed by atoms with E-state index in [1.807, 2.05) is 41.0 Å². The van der Waals surface area contributed by atoms with Gasteiger partial charge in [0.15, 0.2) is 5.65 Å². The van der Waals surface area contributed by atoms with E-state index in [9.17, 15) is 5.11 Å². The van der Waals surface area contributed by atoms with Gasteiger partial charge in [0.2, 0.25) is 0 Å². The molecule has 0 amide bonds. The number of aromatic nitrogens is 5. The highest BCUT2D eigenvalue weighted by molar-refractivity contribution is 5.94. The maximum absolute atomic E-state index is 10.0. The average Bonchev–Trinajstić information content (AvgIpc) is 3.31. The van der Waals surface area contributed by atoms with Crippen molar-refractivity contribution in [3.05, 3.63) is 49.2 Å². The van der Waals surface area contributed by atoms with Crippen molar-refractivity contribution in [3.8, 4) is 22.8 Å². The van der Waals surface area contributed by atoms with Crippen molar-refractivity contribution >= 4 is 22.4 Å². The fourth-order valence-corrected chi connectivity index (χ4v) is 3.82. The number of fused-ring (bicyclic) bond motifs is 1. The summed E-state index contributed by atoms with van der Waals surface area (Å²) in [7, 11) is 5.36. The van der Waals surface area contributed by atoms with E-state index in [1.54, 1.807) is 32.6 Å². The molecule has 4 rings (SSSR count). The Morgan fingerprint density at radius 3 is 2.51 bits per heavy atom. The van der Waals surface area contributed by atoms with Gasteiger partial charge in [0.05, 0.1) is 48.2 Å². The van der Waals surface area contributed by atoms with Crippen LogP contribution in [-0.4, -0.2) is 70.3 Å². The lowest BCUT2D eigenvalue weighted by Gasteiger charge is -2.21. The molecule has 0 aliphatic heterocycles. The molecule has 0 fully saturated rings. The number of rotatable bonds is 10. The maximum Gasteiger partial charge on any atom is 0.160 e. The van der Waals surface area contributed by atoms with Crippen LogP contribution in [0, 0.1) is 0 Å². The van der Waals surface area contributed by atoms with Crippen LogP contribution in [0.5, 0.6) is 11.5 Å². The largest absolute Gasteiger partial charge is 0.497 e. The third-order valence-corrected chi connectivity index (χ3v) is 5.62. The topological polar surface area (TPSA) is 110 Å². The van der Waals surface area contributed by atoms with Crippen LogP contribution in [0.15, 0.2) is 49.2 Å². The van der Waals surface area contributed by atoms with Gasteiger partial charge in [0.1, 0.15) is 30.5 Å². The van der Waals surface area contributed by atoms with Crippen LogP contribution >= 0.6 is 0 Å². The van der Waals surface area contributed by atoms with Gasteiger partial charge in [-0.15, -0.1) is 0 Å². The zero-order valence-corrected chi connectivity index (χ0v) is 20.6. The Morgan fingerprint density at radius 2 is 1.83 bits per heavy atom. The minimum Gasteiger partial charge on any atom is -0.497 e. The Kier molecular flexibility index (Phi) is 7.42. The van der Waals surface area contributed by atoms with E-state index < -0.39 is 6.10 Å². The van der Waals surface area contributed by atoms with Crippen LogP contribution < -0.4 is 19.7 Å². The van der Waals surface area contributed by atoms with Crippen LogP contribution in [-0.2, 0) is 0 Å². The molecular formula is C25H31N7O3. The predicted octanol–water partition coefficient (Wildman–Crippen LogP) is 3.20. The molecule has 0 radical (unpaired) electrons. The molecule has 184 valence electrons. The van der Waals surface area contributed by atoms with Gasteiger partial charge in [-0.3, -0.25) is 0 Å². The lowest BCUT2D eigenvalue weighted by atomic mass is 10.1. The Morgan fingerprint density at radius 1 is 1.09 bits per heavy atom. The van der Waals surface area contributed by atoms with Gasteiger partial charge in [0.25, 0.3) is 0 Å². The molecule has 1 atom stereocenters. The van der Waals surface area contributed by atoms with E-state index in [0.29, 0.717) is 18.0 Å². The summed E-state index contributed by atoms with van der Waals surface area (Å²) < 4.78 is 13.3. The van der Waals surface area contributed by atoms with Gasteiger partial charge >= 0.3 is 0 Å². The smallest absolute Gasteiger partial charge is 0.160 e. The van der Waals surface area contributed by atoms with Crippen molar-refractivity contribution < 1.29 is 14.6 Å². The minimum atomic E-state index is -0.627. The Labute approximate surface area is 204 Å². The first kappa shape index (κ1) is 24.4. The molecule has 0 saturated carbocycles. The molecule has 0 spiro atoms. The van der Waals surface area contributed by atoms with Gasteiger partial charge < -0.3 is 24.8 Å². The second-order valence-corrected chi connectivity index (χ2v) is 8.52. The molecule has 0 bridgehead atoms. The first-order valence-corrected chi connectivity index (χ1v) is 11.4. The van der Waals surface area contributed by atoms with E-state index in [-0.39, 0.29) is 12.6 Å². The number of benzene rings is 1. The number of aliphatic hydroxyl groups excluding tert-OH is 1. The van der Waals surface area contributed by atoms with Crippen LogP contribution in [0.25, 0.3) is 22.3 Å². The van der Waals surface area contributed by atoms with Crippen LogP contribution in [0.3, 0.4) is 0 Å². The molecule has 0 aliphatic rings. The van der Waals surface area contributed by atoms with E-state index in [2.05, 4.69) is 34.2 Å². The molecule has 3 heterocycles. The molecule has 4 aromatic rings. The molecule has 35 heavy (non-hydrogen) atoms. The summed E-state index contributed by atoms with van der Waals surface area (Å²) in [6.45, 7) is 4.74. The summed E-state index contributed by atoms with van der Waals surface area (Å²) in [6, 6.07) is 7.74. The normalized spacial score (nSPS) is 12.2. The Balaban J connectivity index is 1.82. The molecule has 0 saturated heterocycles. The highest BCUT2D eigenvalue weighted by atomic mass is 16.5. The van der Waals surface area contributed by atoms with Gasteiger partial charge in [-0.1, -0.05) is 0 Å².